The molecule has 19 heavy (non-hydrogen) atoms. The highest BCUT2D eigenvalue weighted by Crippen LogP contribution is 2.34. The van der Waals surface area contributed by atoms with E-state index >= 15 is 0 Å². The summed E-state index contributed by atoms with van der Waals surface area (Å²) in [4.78, 5) is 2.39. The number of hydrogen-bond acceptors (Lipinski definition) is 3. The van der Waals surface area contributed by atoms with Gasteiger partial charge in [-0.3, -0.25) is 16.2 Å². The van der Waals surface area contributed by atoms with E-state index in [-0.39, 0.29) is 17.4 Å². The number of aryl methyl sites for hydroxylation is 1. The van der Waals surface area contributed by atoms with Gasteiger partial charge in [0.25, 0.3) is 0 Å². The summed E-state index contributed by atoms with van der Waals surface area (Å²) in [6.45, 7) is 8.34. The van der Waals surface area contributed by atoms with Crippen molar-refractivity contribution >= 4 is 0 Å². The van der Waals surface area contributed by atoms with Gasteiger partial charge in [0.2, 0.25) is 0 Å². The monoisotopic (exact) mass is 265 g/mol. The van der Waals surface area contributed by atoms with Crippen LogP contribution in [0, 0.1) is 12.7 Å². The van der Waals surface area contributed by atoms with Crippen molar-refractivity contribution in [2.45, 2.75) is 45.2 Å². The maximum atomic E-state index is 14.1. The van der Waals surface area contributed by atoms with Crippen molar-refractivity contribution in [2.75, 3.05) is 13.1 Å². The van der Waals surface area contributed by atoms with Crippen LogP contribution in [0.25, 0.3) is 0 Å². The molecule has 1 aromatic rings. The Bertz CT molecular complexity index is 439. The third-order valence-electron chi connectivity index (χ3n) is 4.26. The molecule has 0 spiro atoms. The van der Waals surface area contributed by atoms with Crippen LogP contribution >= 0.6 is 0 Å². The number of benzene rings is 1. The molecule has 1 fully saturated rings. The minimum absolute atomic E-state index is 0.194. The lowest BCUT2D eigenvalue weighted by molar-refractivity contribution is 0.105. The van der Waals surface area contributed by atoms with Crippen molar-refractivity contribution in [3.05, 3.63) is 35.1 Å². The highest BCUT2D eigenvalue weighted by molar-refractivity contribution is 5.29. The molecular formula is C15H24FN3. The van der Waals surface area contributed by atoms with E-state index in [2.05, 4.69) is 24.2 Å². The fourth-order valence-corrected chi connectivity index (χ4v) is 3.03. The Morgan fingerprint density at radius 3 is 2.53 bits per heavy atom. The van der Waals surface area contributed by atoms with Gasteiger partial charge in [0, 0.05) is 11.1 Å². The van der Waals surface area contributed by atoms with Gasteiger partial charge in [0.15, 0.2) is 0 Å². The molecule has 1 aliphatic rings. The molecule has 106 valence electrons. The Morgan fingerprint density at radius 1 is 1.32 bits per heavy atom. The Balaban J connectivity index is 2.35. The molecule has 1 heterocycles. The number of nitrogens with one attached hydrogen (secondary N) is 1. The van der Waals surface area contributed by atoms with Crippen molar-refractivity contribution in [3.8, 4) is 0 Å². The van der Waals surface area contributed by atoms with E-state index in [1.807, 2.05) is 13.0 Å². The molecule has 3 nitrogen and oxygen atoms in total. The van der Waals surface area contributed by atoms with Crippen molar-refractivity contribution in [1.29, 1.82) is 0 Å². The van der Waals surface area contributed by atoms with Gasteiger partial charge in [-0.25, -0.2) is 4.39 Å². The molecule has 3 N–H and O–H groups in total. The molecule has 4 heteroatoms. The third-order valence-corrected chi connectivity index (χ3v) is 4.26. The van der Waals surface area contributed by atoms with E-state index < -0.39 is 0 Å². The van der Waals surface area contributed by atoms with Crippen LogP contribution < -0.4 is 11.3 Å². The Hall–Kier alpha value is -0.970. The van der Waals surface area contributed by atoms with Gasteiger partial charge in [0.05, 0.1) is 6.04 Å². The van der Waals surface area contributed by atoms with Crippen molar-refractivity contribution < 1.29 is 4.39 Å². The van der Waals surface area contributed by atoms with Crippen molar-refractivity contribution in [1.82, 2.24) is 10.3 Å². The molecule has 0 aliphatic carbocycles. The molecule has 0 amide bonds. The lowest BCUT2D eigenvalue weighted by Crippen LogP contribution is -2.53. The standard InChI is InChI=1S/C15H24FN3/c1-11-6-7-13(16)12(10-11)14(18-17)15(2,3)19-8-4-5-9-19/h6-7,10,14,18H,4-5,8-9,17H2,1-3H3. The summed E-state index contributed by atoms with van der Waals surface area (Å²) < 4.78 is 14.1. The molecule has 2 rings (SSSR count). The summed E-state index contributed by atoms with van der Waals surface area (Å²) in [5, 5.41) is 0. The molecule has 0 bridgehead atoms. The van der Waals surface area contributed by atoms with Gasteiger partial charge >= 0.3 is 0 Å². The number of hydrazine groups is 1. The first-order valence-electron chi connectivity index (χ1n) is 6.94. The van der Waals surface area contributed by atoms with Crippen LogP contribution in [0.4, 0.5) is 4.39 Å². The van der Waals surface area contributed by atoms with E-state index in [0.717, 1.165) is 18.7 Å². The summed E-state index contributed by atoms with van der Waals surface area (Å²) in [5.74, 6) is 5.54. The highest BCUT2D eigenvalue weighted by atomic mass is 19.1. The molecule has 0 aromatic heterocycles. The van der Waals surface area contributed by atoms with Crippen LogP contribution in [-0.2, 0) is 0 Å². The molecular weight excluding hydrogens is 241 g/mol. The normalized spacial score (nSPS) is 18.8. The molecule has 1 atom stereocenters. The van der Waals surface area contributed by atoms with E-state index in [0.29, 0.717) is 5.56 Å². The number of rotatable bonds is 4. The Kier molecular flexibility index (Phi) is 4.23. The minimum atomic E-state index is -0.217. The predicted molar refractivity (Wildman–Crippen MR) is 76.1 cm³/mol. The third kappa shape index (κ3) is 2.81. The fourth-order valence-electron chi connectivity index (χ4n) is 3.03. The summed E-state index contributed by atoms with van der Waals surface area (Å²) in [5.41, 5.74) is 4.32. The largest absolute Gasteiger partial charge is 0.296 e. The number of halogens is 1. The predicted octanol–water partition coefficient (Wildman–Crippen LogP) is 2.51. The highest BCUT2D eigenvalue weighted by Gasteiger charge is 2.38. The van der Waals surface area contributed by atoms with Gasteiger partial charge in [-0.1, -0.05) is 17.7 Å². The smallest absolute Gasteiger partial charge is 0.128 e. The molecule has 1 aromatic carbocycles. The number of nitrogens with two attached hydrogens (primary N) is 1. The van der Waals surface area contributed by atoms with E-state index in [4.69, 9.17) is 5.84 Å². The van der Waals surface area contributed by atoms with Crippen LogP contribution in [0.2, 0.25) is 0 Å². The summed E-state index contributed by atoms with van der Waals surface area (Å²) in [7, 11) is 0. The quantitative estimate of drug-likeness (QED) is 0.649. The van der Waals surface area contributed by atoms with Gasteiger partial charge in [-0.15, -0.1) is 0 Å². The van der Waals surface area contributed by atoms with Crippen LogP contribution in [0.5, 0.6) is 0 Å². The zero-order valence-electron chi connectivity index (χ0n) is 12.0. The molecule has 1 saturated heterocycles. The minimum Gasteiger partial charge on any atom is -0.296 e. The number of hydrogen-bond donors (Lipinski definition) is 2. The second-order valence-corrected chi connectivity index (χ2v) is 5.97. The summed E-state index contributed by atoms with van der Waals surface area (Å²) >= 11 is 0. The van der Waals surface area contributed by atoms with Gasteiger partial charge in [-0.2, -0.15) is 0 Å². The summed E-state index contributed by atoms with van der Waals surface area (Å²) in [6, 6.07) is 4.98. The zero-order chi connectivity index (χ0) is 14.0. The van der Waals surface area contributed by atoms with E-state index in [9.17, 15) is 4.39 Å². The van der Waals surface area contributed by atoms with E-state index in [1.165, 1.54) is 18.9 Å². The maximum absolute atomic E-state index is 14.1. The second kappa shape index (κ2) is 5.57. The van der Waals surface area contributed by atoms with Gasteiger partial charge < -0.3 is 0 Å². The number of nitrogens with zero attached hydrogens (tertiary/aromatic N) is 1. The zero-order valence-corrected chi connectivity index (χ0v) is 12.0. The average molecular weight is 265 g/mol. The lowest BCUT2D eigenvalue weighted by Gasteiger charge is -2.42. The first-order chi connectivity index (χ1) is 8.96. The first-order valence-corrected chi connectivity index (χ1v) is 6.94. The maximum Gasteiger partial charge on any atom is 0.128 e. The topological polar surface area (TPSA) is 41.3 Å². The molecule has 0 radical (unpaired) electrons. The average Bonchev–Trinajstić information content (AvgIpc) is 2.88. The van der Waals surface area contributed by atoms with E-state index in [1.54, 1.807) is 6.07 Å². The van der Waals surface area contributed by atoms with Gasteiger partial charge in [0.1, 0.15) is 5.82 Å². The van der Waals surface area contributed by atoms with Crippen LogP contribution in [-0.4, -0.2) is 23.5 Å². The SMILES string of the molecule is Cc1ccc(F)c(C(NN)C(C)(C)N2CCCC2)c1. The Labute approximate surface area is 114 Å². The van der Waals surface area contributed by atoms with Crippen LogP contribution in [0.1, 0.15) is 43.9 Å². The fraction of sp³-hybridized carbons (Fsp3) is 0.600. The lowest BCUT2D eigenvalue weighted by atomic mass is 9.86. The van der Waals surface area contributed by atoms with Crippen molar-refractivity contribution in [3.63, 3.8) is 0 Å². The molecule has 1 unspecified atom stereocenters. The number of likely N-dealkylation sites (tertiary alicyclic amines) is 1. The van der Waals surface area contributed by atoms with Crippen LogP contribution in [0.3, 0.4) is 0 Å². The van der Waals surface area contributed by atoms with Crippen molar-refractivity contribution in [2.24, 2.45) is 5.84 Å². The molecule has 1 aliphatic heterocycles. The first kappa shape index (κ1) is 14.4. The van der Waals surface area contributed by atoms with Gasteiger partial charge in [-0.05, 0) is 52.8 Å². The van der Waals surface area contributed by atoms with Crippen LogP contribution in [0.15, 0.2) is 18.2 Å². The second-order valence-electron chi connectivity index (χ2n) is 5.97. The molecule has 0 saturated carbocycles. The summed E-state index contributed by atoms with van der Waals surface area (Å²) in [6.07, 6.45) is 2.41. The Morgan fingerprint density at radius 2 is 1.95 bits per heavy atom.